The third-order valence-corrected chi connectivity index (χ3v) is 3.69. The van der Waals surface area contributed by atoms with Crippen molar-refractivity contribution in [2.24, 2.45) is 0 Å². The lowest BCUT2D eigenvalue weighted by atomic mass is 10.2. The van der Waals surface area contributed by atoms with Crippen molar-refractivity contribution in [3.8, 4) is 11.5 Å². The van der Waals surface area contributed by atoms with E-state index < -0.39 is 11.9 Å². The van der Waals surface area contributed by atoms with E-state index in [0.717, 1.165) is 31.1 Å². The molecule has 9 heteroatoms. The van der Waals surface area contributed by atoms with Crippen LogP contribution in [0.5, 0.6) is 11.5 Å². The number of amides is 1. The van der Waals surface area contributed by atoms with E-state index in [4.69, 9.17) is 29.3 Å². The molecule has 1 amide bonds. The van der Waals surface area contributed by atoms with Crippen LogP contribution in [0.25, 0.3) is 0 Å². The number of nitrogens with one attached hydrogen (secondary N) is 1. The number of carboxylic acid groups (broad SMARTS) is 2. The van der Waals surface area contributed by atoms with Crippen molar-refractivity contribution in [2.75, 3.05) is 31.7 Å². The van der Waals surface area contributed by atoms with Crippen LogP contribution in [0.4, 0.5) is 5.69 Å². The fourth-order valence-corrected chi connectivity index (χ4v) is 2.46. The summed E-state index contributed by atoms with van der Waals surface area (Å²) in [6, 6.07) is 5.45. The molecule has 3 N–H and O–H groups in total. The van der Waals surface area contributed by atoms with Crippen molar-refractivity contribution in [1.29, 1.82) is 0 Å². The summed E-state index contributed by atoms with van der Waals surface area (Å²) in [5.41, 5.74) is 0.760. The highest BCUT2D eigenvalue weighted by atomic mass is 16.7. The zero-order valence-corrected chi connectivity index (χ0v) is 13.6. The number of benzene rings is 1. The number of rotatable bonds is 4. The second-order valence-corrected chi connectivity index (χ2v) is 5.53. The van der Waals surface area contributed by atoms with Crippen LogP contribution in [0, 0.1) is 0 Å². The van der Waals surface area contributed by atoms with Crippen LogP contribution in [0.1, 0.15) is 19.3 Å². The molecule has 0 aromatic heterocycles. The number of hydrogen-bond donors (Lipinski definition) is 3. The number of likely N-dealkylation sites (tertiary alicyclic amines) is 1. The fraction of sp³-hybridized carbons (Fsp3) is 0.438. The second kappa shape index (κ2) is 8.88. The smallest absolute Gasteiger partial charge is 0.414 e. The molecule has 0 aliphatic carbocycles. The van der Waals surface area contributed by atoms with Crippen molar-refractivity contribution < 1.29 is 34.1 Å². The van der Waals surface area contributed by atoms with E-state index in [9.17, 15) is 4.79 Å². The number of fused-ring (bicyclic) bond motifs is 1. The van der Waals surface area contributed by atoms with Gasteiger partial charge in [-0.1, -0.05) is 0 Å². The van der Waals surface area contributed by atoms with Gasteiger partial charge in [-0.3, -0.25) is 4.79 Å². The molecule has 0 saturated carbocycles. The summed E-state index contributed by atoms with van der Waals surface area (Å²) in [7, 11) is 0. The maximum atomic E-state index is 11.9. The molecule has 0 unspecified atom stereocenters. The number of aliphatic carboxylic acids is 2. The van der Waals surface area contributed by atoms with Crippen molar-refractivity contribution >= 4 is 23.5 Å². The van der Waals surface area contributed by atoms with Gasteiger partial charge in [-0.2, -0.15) is 0 Å². The molecule has 0 radical (unpaired) electrons. The minimum atomic E-state index is -1.82. The highest BCUT2D eigenvalue weighted by Crippen LogP contribution is 2.34. The number of carbonyl (C=O) groups excluding carboxylic acids is 1. The molecule has 0 spiro atoms. The first-order valence-electron chi connectivity index (χ1n) is 7.84. The molecule has 3 rings (SSSR count). The Morgan fingerprint density at radius 2 is 1.68 bits per heavy atom. The Kier molecular flexibility index (Phi) is 6.58. The first kappa shape index (κ1) is 18.5. The van der Waals surface area contributed by atoms with Crippen molar-refractivity contribution in [1.82, 2.24) is 4.90 Å². The lowest BCUT2D eigenvalue weighted by Crippen LogP contribution is -2.25. The maximum absolute atomic E-state index is 11.9. The molecule has 1 aromatic rings. The highest BCUT2D eigenvalue weighted by molar-refractivity contribution is 6.27. The predicted molar refractivity (Wildman–Crippen MR) is 86.8 cm³/mol. The summed E-state index contributed by atoms with van der Waals surface area (Å²) in [6.45, 7) is 3.34. The second-order valence-electron chi connectivity index (χ2n) is 5.53. The van der Waals surface area contributed by atoms with Gasteiger partial charge in [-0.05, 0) is 38.1 Å². The van der Waals surface area contributed by atoms with Gasteiger partial charge in [0.25, 0.3) is 0 Å². The number of hydrogen-bond acceptors (Lipinski definition) is 6. The molecule has 0 atom stereocenters. The maximum Gasteiger partial charge on any atom is 0.414 e. The van der Waals surface area contributed by atoms with Crippen LogP contribution < -0.4 is 14.8 Å². The Morgan fingerprint density at radius 1 is 1.04 bits per heavy atom. The minimum absolute atomic E-state index is 0.0470. The molecule has 2 aliphatic heterocycles. The summed E-state index contributed by atoms with van der Waals surface area (Å²) in [4.78, 5) is 32.4. The van der Waals surface area contributed by atoms with Gasteiger partial charge in [0.15, 0.2) is 11.5 Å². The normalized spacial score (nSPS) is 15.2. The van der Waals surface area contributed by atoms with E-state index in [1.807, 2.05) is 12.1 Å². The summed E-state index contributed by atoms with van der Waals surface area (Å²) in [6.07, 6.45) is 3.04. The molecule has 25 heavy (non-hydrogen) atoms. The van der Waals surface area contributed by atoms with Crippen molar-refractivity contribution in [3.63, 3.8) is 0 Å². The zero-order valence-electron chi connectivity index (χ0n) is 13.6. The number of ether oxygens (including phenoxy) is 2. The average Bonchev–Trinajstić information content (AvgIpc) is 3.24. The summed E-state index contributed by atoms with van der Waals surface area (Å²) in [5.74, 6) is -2.18. The zero-order chi connectivity index (χ0) is 18.2. The topological polar surface area (TPSA) is 125 Å². The van der Waals surface area contributed by atoms with E-state index in [1.54, 1.807) is 6.07 Å². The molecule has 0 bridgehead atoms. The number of anilines is 1. The molecule has 1 aromatic carbocycles. The number of carboxylic acids is 2. The van der Waals surface area contributed by atoms with Gasteiger partial charge in [0.1, 0.15) is 0 Å². The Morgan fingerprint density at radius 3 is 2.32 bits per heavy atom. The van der Waals surface area contributed by atoms with Crippen LogP contribution in [0.3, 0.4) is 0 Å². The summed E-state index contributed by atoms with van der Waals surface area (Å²) >= 11 is 0. The molecule has 2 heterocycles. The largest absolute Gasteiger partial charge is 0.473 e. The van der Waals surface area contributed by atoms with E-state index >= 15 is 0 Å². The Balaban J connectivity index is 0.000000326. The molecule has 1 fully saturated rings. The predicted octanol–water partition coefficient (Wildman–Crippen LogP) is 0.995. The van der Waals surface area contributed by atoms with Gasteiger partial charge in [0.2, 0.25) is 12.7 Å². The lowest BCUT2D eigenvalue weighted by molar-refractivity contribution is -0.159. The van der Waals surface area contributed by atoms with E-state index in [-0.39, 0.29) is 12.7 Å². The van der Waals surface area contributed by atoms with E-state index in [0.29, 0.717) is 12.2 Å². The monoisotopic (exact) mass is 352 g/mol. The van der Waals surface area contributed by atoms with E-state index in [2.05, 4.69) is 10.2 Å². The Bertz CT molecular complexity index is 629. The average molecular weight is 352 g/mol. The van der Waals surface area contributed by atoms with Crippen molar-refractivity contribution in [2.45, 2.75) is 19.3 Å². The molecule has 1 saturated heterocycles. The van der Waals surface area contributed by atoms with Gasteiger partial charge >= 0.3 is 11.9 Å². The molecule has 136 valence electrons. The van der Waals surface area contributed by atoms with Crippen LogP contribution in [0.15, 0.2) is 18.2 Å². The van der Waals surface area contributed by atoms with Crippen molar-refractivity contribution in [3.05, 3.63) is 18.2 Å². The lowest BCUT2D eigenvalue weighted by Gasteiger charge is -2.14. The number of nitrogens with zero attached hydrogens (tertiary/aromatic N) is 1. The van der Waals surface area contributed by atoms with Gasteiger partial charge in [0, 0.05) is 24.7 Å². The SMILES string of the molecule is O=C(CCN1CCCC1)Nc1ccc2c(c1)OCO2.O=C(O)C(=O)O. The first-order valence-corrected chi connectivity index (χ1v) is 7.84. The minimum Gasteiger partial charge on any atom is -0.473 e. The van der Waals surface area contributed by atoms with Gasteiger partial charge in [0.05, 0.1) is 0 Å². The van der Waals surface area contributed by atoms with E-state index in [1.165, 1.54) is 12.8 Å². The Labute approximate surface area is 144 Å². The molecular formula is C16H20N2O7. The Hall–Kier alpha value is -2.81. The fourth-order valence-electron chi connectivity index (χ4n) is 2.46. The summed E-state index contributed by atoms with van der Waals surface area (Å²) < 4.78 is 10.5. The van der Waals surface area contributed by atoms with Crippen LogP contribution >= 0.6 is 0 Å². The van der Waals surface area contributed by atoms with Crippen LogP contribution in [-0.4, -0.2) is 59.4 Å². The highest BCUT2D eigenvalue weighted by Gasteiger charge is 2.15. The quantitative estimate of drug-likeness (QED) is 0.685. The molecule has 2 aliphatic rings. The van der Waals surface area contributed by atoms with Gasteiger partial charge < -0.3 is 29.9 Å². The standard InChI is InChI=1S/C14H18N2O3.C2H2O4/c17-14(5-8-16-6-1-2-7-16)15-11-3-4-12-13(9-11)19-10-18-12;3-1(4)2(5)6/h3-4,9H,1-2,5-8,10H2,(H,15,17);(H,3,4)(H,5,6). The molecular weight excluding hydrogens is 332 g/mol. The van der Waals surface area contributed by atoms with Crippen LogP contribution in [-0.2, 0) is 14.4 Å². The summed E-state index contributed by atoms with van der Waals surface area (Å²) in [5, 5.41) is 17.7. The first-order chi connectivity index (χ1) is 12.0. The molecule has 9 nitrogen and oxygen atoms in total. The third-order valence-electron chi connectivity index (χ3n) is 3.69. The third kappa shape index (κ3) is 5.96. The number of carbonyl (C=O) groups is 3. The van der Waals surface area contributed by atoms with Gasteiger partial charge in [-0.25, -0.2) is 9.59 Å². The van der Waals surface area contributed by atoms with Gasteiger partial charge in [-0.15, -0.1) is 0 Å². The van der Waals surface area contributed by atoms with Crippen LogP contribution in [0.2, 0.25) is 0 Å².